The molecule has 1 heterocycles. The SMILES string of the molecule is CC(=O)NC(CC(=O)Nc1ccnn1C1CCCCC1)c1ccc(C)cc1. The van der Waals surface area contributed by atoms with Crippen LogP contribution >= 0.6 is 0 Å². The number of rotatable bonds is 6. The number of anilines is 1. The number of aryl methyl sites for hydroxylation is 1. The standard InChI is InChI=1S/C21H28N4O2/c1-15-8-10-17(11-9-15)19(23-16(2)26)14-21(27)24-20-12-13-22-25(20)18-6-4-3-5-7-18/h8-13,18-19H,3-7,14H2,1-2H3,(H,23,26)(H,24,27). The van der Waals surface area contributed by atoms with Gasteiger partial charge in [0.05, 0.1) is 24.7 Å². The van der Waals surface area contributed by atoms with E-state index in [9.17, 15) is 9.59 Å². The van der Waals surface area contributed by atoms with E-state index in [0.29, 0.717) is 6.04 Å². The highest BCUT2D eigenvalue weighted by atomic mass is 16.2. The largest absolute Gasteiger partial charge is 0.349 e. The Kier molecular flexibility index (Phi) is 6.27. The number of nitrogens with zero attached hydrogens (tertiary/aromatic N) is 2. The second-order valence-electron chi connectivity index (χ2n) is 7.37. The lowest BCUT2D eigenvalue weighted by Crippen LogP contribution is -2.30. The van der Waals surface area contributed by atoms with Gasteiger partial charge in [0.15, 0.2) is 0 Å². The molecular weight excluding hydrogens is 340 g/mol. The van der Waals surface area contributed by atoms with Crippen molar-refractivity contribution >= 4 is 17.6 Å². The van der Waals surface area contributed by atoms with Crippen LogP contribution in [0, 0.1) is 6.92 Å². The molecule has 2 amide bonds. The lowest BCUT2D eigenvalue weighted by Gasteiger charge is -2.24. The zero-order chi connectivity index (χ0) is 19.2. The van der Waals surface area contributed by atoms with Gasteiger partial charge in [-0.15, -0.1) is 0 Å². The Morgan fingerprint density at radius 2 is 1.85 bits per heavy atom. The predicted octanol–water partition coefficient (Wildman–Crippen LogP) is 3.90. The van der Waals surface area contributed by atoms with Crippen molar-refractivity contribution in [2.45, 2.75) is 64.5 Å². The third-order valence-corrected chi connectivity index (χ3v) is 5.11. The van der Waals surface area contributed by atoms with Crippen LogP contribution in [0.2, 0.25) is 0 Å². The number of hydrogen-bond acceptors (Lipinski definition) is 3. The Bertz CT molecular complexity index is 776. The zero-order valence-corrected chi connectivity index (χ0v) is 16.1. The molecule has 1 aromatic heterocycles. The highest BCUT2D eigenvalue weighted by Crippen LogP contribution is 2.30. The van der Waals surface area contributed by atoms with E-state index < -0.39 is 0 Å². The monoisotopic (exact) mass is 368 g/mol. The molecular formula is C21H28N4O2. The topological polar surface area (TPSA) is 76.0 Å². The maximum atomic E-state index is 12.7. The van der Waals surface area contributed by atoms with E-state index in [1.807, 2.05) is 41.9 Å². The van der Waals surface area contributed by atoms with Gasteiger partial charge in [0.1, 0.15) is 5.82 Å². The van der Waals surface area contributed by atoms with Gasteiger partial charge in [-0.1, -0.05) is 49.1 Å². The summed E-state index contributed by atoms with van der Waals surface area (Å²) in [6, 6.07) is 9.72. The van der Waals surface area contributed by atoms with Crippen LogP contribution < -0.4 is 10.6 Å². The predicted molar refractivity (Wildman–Crippen MR) is 105 cm³/mol. The summed E-state index contributed by atoms with van der Waals surface area (Å²) in [7, 11) is 0. The maximum absolute atomic E-state index is 12.7. The maximum Gasteiger partial charge on any atom is 0.227 e. The molecule has 6 heteroatoms. The summed E-state index contributed by atoms with van der Waals surface area (Å²) in [5.74, 6) is 0.449. The highest BCUT2D eigenvalue weighted by Gasteiger charge is 2.21. The first-order valence-electron chi connectivity index (χ1n) is 9.70. The van der Waals surface area contributed by atoms with E-state index >= 15 is 0 Å². The van der Waals surface area contributed by atoms with E-state index in [-0.39, 0.29) is 24.3 Å². The van der Waals surface area contributed by atoms with Crippen LogP contribution in [-0.4, -0.2) is 21.6 Å². The van der Waals surface area contributed by atoms with Crippen molar-refractivity contribution in [1.82, 2.24) is 15.1 Å². The van der Waals surface area contributed by atoms with Crippen molar-refractivity contribution < 1.29 is 9.59 Å². The molecule has 1 aliphatic rings. The minimum absolute atomic E-state index is 0.133. The molecule has 27 heavy (non-hydrogen) atoms. The molecule has 2 aromatic rings. The molecule has 0 aliphatic heterocycles. The van der Waals surface area contributed by atoms with Gasteiger partial charge in [-0.2, -0.15) is 5.10 Å². The second-order valence-corrected chi connectivity index (χ2v) is 7.37. The fourth-order valence-electron chi connectivity index (χ4n) is 3.71. The third kappa shape index (κ3) is 5.18. The van der Waals surface area contributed by atoms with Gasteiger partial charge < -0.3 is 10.6 Å². The Labute approximate surface area is 160 Å². The summed E-state index contributed by atoms with van der Waals surface area (Å²) < 4.78 is 1.94. The number of carbonyl (C=O) groups is 2. The van der Waals surface area contributed by atoms with Crippen molar-refractivity contribution in [2.75, 3.05) is 5.32 Å². The minimum Gasteiger partial charge on any atom is -0.349 e. The summed E-state index contributed by atoms with van der Waals surface area (Å²) in [6.07, 6.45) is 7.79. The van der Waals surface area contributed by atoms with Crippen LogP contribution in [-0.2, 0) is 9.59 Å². The Hall–Kier alpha value is -2.63. The fourth-order valence-corrected chi connectivity index (χ4v) is 3.71. The van der Waals surface area contributed by atoms with Gasteiger partial charge in [0, 0.05) is 13.0 Å². The van der Waals surface area contributed by atoms with Crippen LogP contribution in [0.1, 0.15) is 68.7 Å². The summed E-state index contributed by atoms with van der Waals surface area (Å²) in [4.78, 5) is 24.3. The summed E-state index contributed by atoms with van der Waals surface area (Å²) in [6.45, 7) is 3.48. The molecule has 0 radical (unpaired) electrons. The number of amides is 2. The van der Waals surface area contributed by atoms with E-state index in [4.69, 9.17) is 0 Å². The van der Waals surface area contributed by atoms with Gasteiger partial charge in [0.25, 0.3) is 0 Å². The third-order valence-electron chi connectivity index (χ3n) is 5.11. The lowest BCUT2D eigenvalue weighted by atomic mass is 9.96. The molecule has 0 saturated heterocycles. The van der Waals surface area contributed by atoms with Crippen molar-refractivity contribution in [3.8, 4) is 0 Å². The van der Waals surface area contributed by atoms with E-state index in [0.717, 1.165) is 29.8 Å². The average Bonchev–Trinajstić information content (AvgIpc) is 3.10. The fraction of sp³-hybridized carbons (Fsp3) is 0.476. The average molecular weight is 368 g/mol. The number of hydrogen-bond donors (Lipinski definition) is 2. The van der Waals surface area contributed by atoms with Crippen LogP contribution in [0.5, 0.6) is 0 Å². The Morgan fingerprint density at radius 1 is 1.15 bits per heavy atom. The second kappa shape index (κ2) is 8.84. The molecule has 6 nitrogen and oxygen atoms in total. The quantitative estimate of drug-likeness (QED) is 0.812. The van der Waals surface area contributed by atoms with E-state index in [2.05, 4.69) is 15.7 Å². The summed E-state index contributed by atoms with van der Waals surface area (Å²) >= 11 is 0. The van der Waals surface area contributed by atoms with Crippen LogP contribution in [0.15, 0.2) is 36.5 Å². The number of nitrogens with one attached hydrogen (secondary N) is 2. The van der Waals surface area contributed by atoms with E-state index in [1.165, 1.54) is 26.2 Å². The van der Waals surface area contributed by atoms with Crippen molar-refractivity contribution in [3.63, 3.8) is 0 Å². The zero-order valence-electron chi connectivity index (χ0n) is 16.1. The van der Waals surface area contributed by atoms with Gasteiger partial charge >= 0.3 is 0 Å². The van der Waals surface area contributed by atoms with Crippen molar-refractivity contribution in [3.05, 3.63) is 47.7 Å². The molecule has 1 saturated carbocycles. The molecule has 3 rings (SSSR count). The van der Waals surface area contributed by atoms with Crippen molar-refractivity contribution in [1.29, 1.82) is 0 Å². The van der Waals surface area contributed by atoms with Crippen LogP contribution in [0.3, 0.4) is 0 Å². The van der Waals surface area contributed by atoms with Gasteiger partial charge in [-0.25, -0.2) is 4.68 Å². The molecule has 0 bridgehead atoms. The molecule has 1 fully saturated rings. The smallest absolute Gasteiger partial charge is 0.227 e. The van der Waals surface area contributed by atoms with Gasteiger partial charge in [-0.05, 0) is 25.3 Å². The van der Waals surface area contributed by atoms with Crippen LogP contribution in [0.4, 0.5) is 5.82 Å². The first-order chi connectivity index (χ1) is 13.0. The van der Waals surface area contributed by atoms with Crippen LogP contribution in [0.25, 0.3) is 0 Å². The normalized spacial score (nSPS) is 15.9. The number of aromatic nitrogens is 2. The molecule has 1 aliphatic carbocycles. The molecule has 1 aromatic carbocycles. The molecule has 0 spiro atoms. The number of benzene rings is 1. The van der Waals surface area contributed by atoms with Gasteiger partial charge in [0.2, 0.25) is 11.8 Å². The summed E-state index contributed by atoms with van der Waals surface area (Å²) in [5, 5.41) is 10.3. The molecule has 2 N–H and O–H groups in total. The Balaban J connectivity index is 1.68. The molecule has 144 valence electrons. The lowest BCUT2D eigenvalue weighted by molar-refractivity contribution is -0.120. The summed E-state index contributed by atoms with van der Waals surface area (Å²) in [5.41, 5.74) is 2.06. The Morgan fingerprint density at radius 3 is 2.52 bits per heavy atom. The van der Waals surface area contributed by atoms with E-state index in [1.54, 1.807) is 6.20 Å². The first kappa shape index (κ1) is 19.1. The highest BCUT2D eigenvalue weighted by molar-refractivity contribution is 5.90. The molecule has 1 atom stereocenters. The van der Waals surface area contributed by atoms with Crippen molar-refractivity contribution in [2.24, 2.45) is 0 Å². The number of carbonyl (C=O) groups excluding carboxylic acids is 2. The van der Waals surface area contributed by atoms with Gasteiger partial charge in [-0.3, -0.25) is 9.59 Å². The minimum atomic E-state index is -0.353. The molecule has 1 unspecified atom stereocenters. The first-order valence-corrected chi connectivity index (χ1v) is 9.70.